The van der Waals surface area contributed by atoms with E-state index < -0.39 is 0 Å². The van der Waals surface area contributed by atoms with Crippen LogP contribution in [0.15, 0.2) is 6.07 Å². The van der Waals surface area contributed by atoms with E-state index in [0.717, 1.165) is 30.2 Å². The molecule has 1 heterocycles. The molecule has 0 spiro atoms. The standard InChI is InChI=1S/C13H22N4O/c1-10-8-11(9-14)16-13(15-10)17(6-7-18)12-4-2-3-5-12/h8,12,18H,2-7,9,14H2,1H3. The van der Waals surface area contributed by atoms with Gasteiger partial charge in [0.25, 0.3) is 0 Å². The Balaban J connectivity index is 2.25. The Hall–Kier alpha value is -1.20. The highest BCUT2D eigenvalue weighted by Crippen LogP contribution is 2.26. The second-order valence-electron chi connectivity index (χ2n) is 4.86. The number of hydrogen-bond donors (Lipinski definition) is 2. The molecule has 100 valence electrons. The fraction of sp³-hybridized carbons (Fsp3) is 0.692. The average Bonchev–Trinajstić information content (AvgIpc) is 2.88. The molecule has 5 heteroatoms. The molecule has 1 aromatic heterocycles. The molecule has 2 rings (SSSR count). The first-order chi connectivity index (χ1) is 8.74. The Morgan fingerprint density at radius 3 is 2.72 bits per heavy atom. The van der Waals surface area contributed by atoms with E-state index in [9.17, 15) is 5.11 Å². The van der Waals surface area contributed by atoms with Gasteiger partial charge in [0.15, 0.2) is 0 Å². The largest absolute Gasteiger partial charge is 0.395 e. The maximum atomic E-state index is 9.23. The van der Waals surface area contributed by atoms with Crippen molar-refractivity contribution in [2.24, 2.45) is 5.73 Å². The molecule has 1 saturated carbocycles. The lowest BCUT2D eigenvalue weighted by molar-refractivity contribution is 0.296. The minimum Gasteiger partial charge on any atom is -0.395 e. The zero-order chi connectivity index (χ0) is 13.0. The van der Waals surface area contributed by atoms with Crippen molar-refractivity contribution >= 4 is 5.95 Å². The fourth-order valence-corrected chi connectivity index (χ4v) is 2.62. The first kappa shape index (κ1) is 13.2. The number of aliphatic hydroxyl groups is 1. The highest BCUT2D eigenvalue weighted by Gasteiger charge is 2.24. The molecule has 0 atom stereocenters. The van der Waals surface area contributed by atoms with Gasteiger partial charge in [0.1, 0.15) is 0 Å². The Morgan fingerprint density at radius 2 is 2.11 bits per heavy atom. The van der Waals surface area contributed by atoms with Crippen LogP contribution in [0.25, 0.3) is 0 Å². The summed E-state index contributed by atoms with van der Waals surface area (Å²) in [5.74, 6) is 0.719. The topological polar surface area (TPSA) is 75.3 Å². The molecule has 0 radical (unpaired) electrons. The van der Waals surface area contributed by atoms with Gasteiger partial charge in [0.2, 0.25) is 5.95 Å². The van der Waals surface area contributed by atoms with Crippen molar-refractivity contribution in [3.05, 3.63) is 17.5 Å². The van der Waals surface area contributed by atoms with Crippen molar-refractivity contribution in [2.45, 2.75) is 45.2 Å². The van der Waals surface area contributed by atoms with Gasteiger partial charge in [0, 0.05) is 24.8 Å². The maximum Gasteiger partial charge on any atom is 0.226 e. The van der Waals surface area contributed by atoms with Gasteiger partial charge in [-0.2, -0.15) is 0 Å². The van der Waals surface area contributed by atoms with Crippen LogP contribution in [0.2, 0.25) is 0 Å². The third kappa shape index (κ3) is 2.97. The highest BCUT2D eigenvalue weighted by molar-refractivity contribution is 5.34. The van der Waals surface area contributed by atoms with Crippen LogP contribution in [0.3, 0.4) is 0 Å². The van der Waals surface area contributed by atoms with E-state index in [-0.39, 0.29) is 6.61 Å². The Morgan fingerprint density at radius 1 is 1.39 bits per heavy atom. The average molecular weight is 250 g/mol. The number of hydrogen-bond acceptors (Lipinski definition) is 5. The summed E-state index contributed by atoms with van der Waals surface area (Å²) >= 11 is 0. The summed E-state index contributed by atoms with van der Waals surface area (Å²) in [4.78, 5) is 11.1. The lowest BCUT2D eigenvalue weighted by Crippen LogP contribution is -2.37. The summed E-state index contributed by atoms with van der Waals surface area (Å²) < 4.78 is 0. The van der Waals surface area contributed by atoms with Gasteiger partial charge in [0.05, 0.1) is 12.3 Å². The van der Waals surface area contributed by atoms with Gasteiger partial charge in [-0.3, -0.25) is 0 Å². The Kier molecular flexibility index (Phi) is 4.49. The Bertz CT molecular complexity index is 391. The monoisotopic (exact) mass is 250 g/mol. The molecular weight excluding hydrogens is 228 g/mol. The van der Waals surface area contributed by atoms with E-state index in [1.165, 1.54) is 12.8 Å². The van der Waals surface area contributed by atoms with Crippen LogP contribution in [0.5, 0.6) is 0 Å². The van der Waals surface area contributed by atoms with Crippen LogP contribution < -0.4 is 10.6 Å². The lowest BCUT2D eigenvalue weighted by Gasteiger charge is -2.28. The van der Waals surface area contributed by atoms with Crippen LogP contribution in [-0.2, 0) is 6.54 Å². The second-order valence-corrected chi connectivity index (χ2v) is 4.86. The van der Waals surface area contributed by atoms with Crippen LogP contribution in [0.4, 0.5) is 5.95 Å². The van der Waals surface area contributed by atoms with Crippen molar-refractivity contribution in [1.82, 2.24) is 9.97 Å². The van der Waals surface area contributed by atoms with E-state index >= 15 is 0 Å². The summed E-state index contributed by atoms with van der Waals surface area (Å²) in [5.41, 5.74) is 7.45. The normalized spacial score (nSPS) is 16.2. The van der Waals surface area contributed by atoms with Gasteiger partial charge in [-0.25, -0.2) is 9.97 Å². The molecule has 1 aliphatic rings. The zero-order valence-corrected chi connectivity index (χ0v) is 11.0. The SMILES string of the molecule is Cc1cc(CN)nc(N(CCO)C2CCCC2)n1. The second kappa shape index (κ2) is 6.11. The van der Waals surface area contributed by atoms with E-state index in [2.05, 4.69) is 14.9 Å². The maximum absolute atomic E-state index is 9.23. The van der Waals surface area contributed by atoms with Gasteiger partial charge in [-0.05, 0) is 25.8 Å². The predicted molar refractivity (Wildman–Crippen MR) is 71.3 cm³/mol. The summed E-state index contributed by atoms with van der Waals surface area (Å²) in [7, 11) is 0. The number of nitrogens with two attached hydrogens (primary N) is 1. The third-order valence-electron chi connectivity index (χ3n) is 3.47. The molecule has 18 heavy (non-hydrogen) atoms. The molecule has 0 saturated heterocycles. The van der Waals surface area contributed by atoms with Crippen LogP contribution in [-0.4, -0.2) is 34.3 Å². The molecule has 1 aliphatic carbocycles. The molecule has 1 fully saturated rings. The van der Waals surface area contributed by atoms with Gasteiger partial charge in [-0.1, -0.05) is 12.8 Å². The summed E-state index contributed by atoms with van der Waals surface area (Å²) in [6.07, 6.45) is 4.83. The van der Waals surface area contributed by atoms with E-state index in [1.807, 2.05) is 13.0 Å². The number of aromatic nitrogens is 2. The van der Waals surface area contributed by atoms with Crippen LogP contribution in [0, 0.1) is 6.92 Å². The van der Waals surface area contributed by atoms with E-state index in [0.29, 0.717) is 19.1 Å². The number of rotatable bonds is 5. The first-order valence-electron chi connectivity index (χ1n) is 6.66. The van der Waals surface area contributed by atoms with E-state index in [1.54, 1.807) is 0 Å². The first-order valence-corrected chi connectivity index (χ1v) is 6.66. The van der Waals surface area contributed by atoms with Crippen molar-refractivity contribution in [3.8, 4) is 0 Å². The minimum absolute atomic E-state index is 0.131. The van der Waals surface area contributed by atoms with Crippen LogP contribution >= 0.6 is 0 Å². The molecular formula is C13H22N4O. The molecule has 0 amide bonds. The number of anilines is 1. The zero-order valence-electron chi connectivity index (χ0n) is 11.0. The molecule has 5 nitrogen and oxygen atoms in total. The number of aryl methyl sites for hydroxylation is 1. The Labute approximate surface area is 108 Å². The van der Waals surface area contributed by atoms with Crippen molar-refractivity contribution in [2.75, 3.05) is 18.1 Å². The molecule has 0 aliphatic heterocycles. The number of aliphatic hydroxyl groups excluding tert-OH is 1. The molecule has 1 aromatic rings. The predicted octanol–water partition coefficient (Wildman–Crippen LogP) is 0.985. The summed E-state index contributed by atoms with van der Waals surface area (Å²) in [5, 5.41) is 9.23. The molecule has 0 bridgehead atoms. The van der Waals surface area contributed by atoms with E-state index in [4.69, 9.17) is 5.73 Å². The molecule has 0 aromatic carbocycles. The minimum atomic E-state index is 0.131. The highest BCUT2D eigenvalue weighted by atomic mass is 16.3. The summed E-state index contributed by atoms with van der Waals surface area (Å²) in [6.45, 7) is 3.11. The third-order valence-corrected chi connectivity index (χ3v) is 3.47. The summed E-state index contributed by atoms with van der Waals surface area (Å²) in [6, 6.07) is 2.37. The lowest BCUT2D eigenvalue weighted by atomic mass is 10.2. The van der Waals surface area contributed by atoms with Crippen LogP contribution in [0.1, 0.15) is 37.1 Å². The quantitative estimate of drug-likeness (QED) is 0.815. The fourth-order valence-electron chi connectivity index (χ4n) is 2.62. The van der Waals surface area contributed by atoms with Crippen molar-refractivity contribution < 1.29 is 5.11 Å². The van der Waals surface area contributed by atoms with Gasteiger partial charge < -0.3 is 15.7 Å². The molecule has 0 unspecified atom stereocenters. The van der Waals surface area contributed by atoms with Crippen molar-refractivity contribution in [1.29, 1.82) is 0 Å². The smallest absolute Gasteiger partial charge is 0.226 e. The van der Waals surface area contributed by atoms with Gasteiger partial charge >= 0.3 is 0 Å². The molecule has 3 N–H and O–H groups in total. The van der Waals surface area contributed by atoms with Gasteiger partial charge in [-0.15, -0.1) is 0 Å². The van der Waals surface area contributed by atoms with Crippen molar-refractivity contribution in [3.63, 3.8) is 0 Å². The number of nitrogens with zero attached hydrogens (tertiary/aromatic N) is 3.